The molecule has 36 heavy (non-hydrogen) atoms. The average molecular weight is 498 g/mol. The molecule has 0 spiro atoms. The summed E-state index contributed by atoms with van der Waals surface area (Å²) in [6.07, 6.45) is 9.30. The number of benzene rings is 1. The van der Waals surface area contributed by atoms with Crippen molar-refractivity contribution in [2.24, 2.45) is 22.4 Å². The van der Waals surface area contributed by atoms with Crippen LogP contribution in [0.25, 0.3) is 0 Å². The second kappa shape index (κ2) is 14.1. The van der Waals surface area contributed by atoms with Crippen molar-refractivity contribution in [3.63, 3.8) is 0 Å². The first-order valence-corrected chi connectivity index (χ1v) is 13.2. The van der Waals surface area contributed by atoms with Gasteiger partial charge in [-0.05, 0) is 81.8 Å². The smallest absolute Gasteiger partial charge is 0.239 e. The third-order valence-corrected chi connectivity index (χ3v) is 7.03. The van der Waals surface area contributed by atoms with Gasteiger partial charge in [0, 0.05) is 45.3 Å². The first-order chi connectivity index (χ1) is 17.4. The summed E-state index contributed by atoms with van der Waals surface area (Å²) in [6.45, 7) is 7.45. The first-order valence-electron chi connectivity index (χ1n) is 13.2. The fourth-order valence-electron chi connectivity index (χ4n) is 4.78. The van der Waals surface area contributed by atoms with Gasteiger partial charge >= 0.3 is 0 Å². The Morgan fingerprint density at radius 3 is 2.31 bits per heavy atom. The van der Waals surface area contributed by atoms with Crippen molar-refractivity contribution in [1.82, 2.24) is 20.4 Å². The second-order valence-corrected chi connectivity index (χ2v) is 9.93. The van der Waals surface area contributed by atoms with Crippen molar-refractivity contribution < 1.29 is 9.59 Å². The van der Waals surface area contributed by atoms with Crippen LogP contribution in [-0.4, -0.2) is 78.8 Å². The molecule has 0 bridgehead atoms. The number of nitrogens with one attached hydrogen (secondary N) is 2. The van der Waals surface area contributed by atoms with E-state index in [1.165, 1.54) is 38.2 Å². The fourth-order valence-corrected chi connectivity index (χ4v) is 4.78. The van der Waals surface area contributed by atoms with Crippen LogP contribution in [0.5, 0.6) is 0 Å². The van der Waals surface area contributed by atoms with Crippen molar-refractivity contribution in [2.45, 2.75) is 58.0 Å². The molecule has 0 radical (unpaired) electrons. The van der Waals surface area contributed by atoms with Crippen LogP contribution in [0, 0.1) is 5.92 Å². The van der Waals surface area contributed by atoms with E-state index in [2.05, 4.69) is 27.7 Å². The normalized spacial score (nSPS) is 22.1. The van der Waals surface area contributed by atoms with E-state index in [-0.39, 0.29) is 11.8 Å². The lowest BCUT2D eigenvalue weighted by molar-refractivity contribution is -0.133. The lowest BCUT2D eigenvalue weighted by atomic mass is 9.86. The molecule has 1 aliphatic heterocycles. The predicted octanol–water partition coefficient (Wildman–Crippen LogP) is 1.51. The van der Waals surface area contributed by atoms with Gasteiger partial charge in [-0.3, -0.25) is 9.59 Å². The number of rotatable bonds is 9. The van der Waals surface area contributed by atoms with Crippen molar-refractivity contribution in [1.29, 1.82) is 0 Å². The minimum absolute atomic E-state index is 0.0322. The predicted molar refractivity (Wildman–Crippen MR) is 145 cm³/mol. The van der Waals surface area contributed by atoms with Gasteiger partial charge in [0.15, 0.2) is 0 Å². The second-order valence-electron chi connectivity index (χ2n) is 9.93. The van der Waals surface area contributed by atoms with Crippen LogP contribution < -0.4 is 22.1 Å². The Hall–Kier alpha value is -2.75. The van der Waals surface area contributed by atoms with Crippen molar-refractivity contribution in [3.05, 3.63) is 42.1 Å². The average Bonchev–Trinajstić information content (AvgIpc) is 2.89. The highest BCUT2D eigenvalue weighted by atomic mass is 16.2. The van der Waals surface area contributed by atoms with Gasteiger partial charge in [0.1, 0.15) is 5.84 Å². The number of nitrogens with two attached hydrogens (primary N) is 2. The summed E-state index contributed by atoms with van der Waals surface area (Å²) in [5.41, 5.74) is 13.7. The number of hydrogen-bond acceptors (Lipinski definition) is 6. The van der Waals surface area contributed by atoms with Crippen LogP contribution in [0.2, 0.25) is 0 Å². The van der Waals surface area contributed by atoms with Gasteiger partial charge in [0.05, 0.1) is 11.7 Å². The number of aliphatic imine (C=N–C) groups is 1. The standard InChI is InChI=1S/C27H43N7O2/c1-20(29)27(36)34-17-15-33(16-18-34)26(12-14-30-21(2)35)32-25-9-3-22(4-10-25)11-13-31-24-7-5-23(19-28)6-8-24/h3-4,9-10,12,14,20,23-24,31H,5-8,11,13,15-19,28-29H2,1-2H3,(H,30,35)/b14-12-,32-26?. The van der Waals surface area contributed by atoms with Crippen LogP contribution >= 0.6 is 0 Å². The van der Waals surface area contributed by atoms with Crippen LogP contribution in [0.3, 0.4) is 0 Å². The molecule has 9 heteroatoms. The topological polar surface area (TPSA) is 129 Å². The lowest BCUT2D eigenvalue weighted by Gasteiger charge is -2.36. The number of nitrogens with zero attached hydrogens (tertiary/aromatic N) is 3. The van der Waals surface area contributed by atoms with E-state index in [0.717, 1.165) is 31.0 Å². The fraction of sp³-hybridized carbons (Fsp3) is 0.593. The highest BCUT2D eigenvalue weighted by Gasteiger charge is 2.24. The monoisotopic (exact) mass is 497 g/mol. The molecule has 2 fully saturated rings. The van der Waals surface area contributed by atoms with E-state index in [0.29, 0.717) is 38.1 Å². The maximum absolute atomic E-state index is 12.2. The molecule has 1 aliphatic carbocycles. The minimum Gasteiger partial charge on any atom is -0.353 e. The van der Waals surface area contributed by atoms with E-state index < -0.39 is 6.04 Å². The van der Waals surface area contributed by atoms with E-state index in [1.807, 2.05) is 18.2 Å². The van der Waals surface area contributed by atoms with Crippen LogP contribution in [-0.2, 0) is 16.0 Å². The number of hydrogen-bond donors (Lipinski definition) is 4. The molecule has 1 aromatic carbocycles. The van der Waals surface area contributed by atoms with Gasteiger partial charge < -0.3 is 31.9 Å². The number of amides is 2. The minimum atomic E-state index is -0.496. The molecule has 1 aromatic rings. The summed E-state index contributed by atoms with van der Waals surface area (Å²) >= 11 is 0. The summed E-state index contributed by atoms with van der Waals surface area (Å²) in [5, 5.41) is 6.39. The Labute approximate surface area is 215 Å². The summed E-state index contributed by atoms with van der Waals surface area (Å²) in [5.74, 6) is 1.29. The molecular formula is C27H43N7O2. The van der Waals surface area contributed by atoms with Crippen molar-refractivity contribution in [2.75, 3.05) is 39.3 Å². The number of piperazine rings is 1. The Morgan fingerprint density at radius 2 is 1.72 bits per heavy atom. The zero-order valence-electron chi connectivity index (χ0n) is 21.8. The Morgan fingerprint density at radius 1 is 1.08 bits per heavy atom. The third kappa shape index (κ3) is 8.72. The summed E-state index contributed by atoms with van der Waals surface area (Å²) in [4.78, 5) is 32.3. The molecule has 2 aliphatic rings. The molecule has 0 aromatic heterocycles. The van der Waals surface area contributed by atoms with Gasteiger partial charge in [0.25, 0.3) is 0 Å². The lowest BCUT2D eigenvalue weighted by Crippen LogP contribution is -2.53. The first kappa shape index (κ1) is 27.8. The molecule has 1 atom stereocenters. The zero-order chi connectivity index (χ0) is 25.9. The van der Waals surface area contributed by atoms with E-state index in [9.17, 15) is 9.59 Å². The Bertz CT molecular complexity index is 897. The quantitative estimate of drug-likeness (QED) is 0.302. The zero-order valence-corrected chi connectivity index (χ0v) is 21.8. The Balaban J connectivity index is 1.57. The van der Waals surface area contributed by atoms with E-state index >= 15 is 0 Å². The number of amidine groups is 1. The molecule has 1 saturated carbocycles. The van der Waals surface area contributed by atoms with E-state index in [4.69, 9.17) is 16.5 Å². The molecule has 1 unspecified atom stereocenters. The molecule has 198 valence electrons. The van der Waals surface area contributed by atoms with E-state index in [1.54, 1.807) is 18.0 Å². The molecule has 2 amide bonds. The summed E-state index contributed by atoms with van der Waals surface area (Å²) in [7, 11) is 0. The van der Waals surface area contributed by atoms with Crippen LogP contribution in [0.1, 0.15) is 45.1 Å². The third-order valence-electron chi connectivity index (χ3n) is 7.03. The molecule has 6 N–H and O–H groups in total. The Kier molecular flexibility index (Phi) is 10.9. The number of carbonyl (C=O) groups excluding carboxylic acids is 2. The van der Waals surface area contributed by atoms with Gasteiger partial charge in [-0.1, -0.05) is 12.1 Å². The molecule has 3 rings (SSSR count). The SMILES string of the molecule is CC(=O)N/C=C\C(=Nc1ccc(CCNC2CCC(CN)CC2)cc1)N1CCN(C(=O)C(C)N)CC1. The maximum Gasteiger partial charge on any atom is 0.239 e. The van der Waals surface area contributed by atoms with Gasteiger partial charge in [-0.15, -0.1) is 0 Å². The van der Waals surface area contributed by atoms with Crippen LogP contribution in [0.4, 0.5) is 5.69 Å². The van der Waals surface area contributed by atoms with Gasteiger partial charge in [-0.2, -0.15) is 0 Å². The highest BCUT2D eigenvalue weighted by Crippen LogP contribution is 2.23. The molecule has 9 nitrogen and oxygen atoms in total. The highest BCUT2D eigenvalue weighted by molar-refractivity contribution is 5.95. The molecule has 1 heterocycles. The number of carbonyl (C=O) groups is 2. The summed E-state index contributed by atoms with van der Waals surface area (Å²) in [6, 6.07) is 8.43. The molecule has 1 saturated heterocycles. The van der Waals surface area contributed by atoms with Gasteiger partial charge in [-0.25, -0.2) is 4.99 Å². The summed E-state index contributed by atoms with van der Waals surface area (Å²) < 4.78 is 0. The van der Waals surface area contributed by atoms with Crippen LogP contribution in [0.15, 0.2) is 41.5 Å². The van der Waals surface area contributed by atoms with Crippen molar-refractivity contribution in [3.8, 4) is 0 Å². The maximum atomic E-state index is 12.2. The van der Waals surface area contributed by atoms with Crippen molar-refractivity contribution >= 4 is 23.3 Å². The largest absolute Gasteiger partial charge is 0.353 e. The molecular weight excluding hydrogens is 454 g/mol. The van der Waals surface area contributed by atoms with Gasteiger partial charge in [0.2, 0.25) is 11.8 Å².